The first kappa shape index (κ1) is 25.4. The number of benzene rings is 2. The third kappa shape index (κ3) is 5.42. The molecule has 1 amide bonds. The Balaban J connectivity index is 1.52. The van der Waals surface area contributed by atoms with Crippen molar-refractivity contribution in [1.29, 1.82) is 0 Å². The van der Waals surface area contributed by atoms with Crippen LogP contribution in [0.2, 0.25) is 5.28 Å². The summed E-state index contributed by atoms with van der Waals surface area (Å²) in [4.78, 5) is 25.1. The highest BCUT2D eigenvalue weighted by Gasteiger charge is 2.41. The minimum atomic E-state index is -0.850. The Labute approximate surface area is 219 Å². The van der Waals surface area contributed by atoms with E-state index in [2.05, 4.69) is 9.97 Å². The minimum Gasteiger partial charge on any atom is -0.485 e. The van der Waals surface area contributed by atoms with Crippen molar-refractivity contribution in [3.05, 3.63) is 58.9 Å². The quantitative estimate of drug-likeness (QED) is 0.387. The van der Waals surface area contributed by atoms with Crippen LogP contribution < -0.4 is 9.64 Å². The molecule has 196 valence electrons. The van der Waals surface area contributed by atoms with Gasteiger partial charge in [0, 0.05) is 25.7 Å². The van der Waals surface area contributed by atoms with Crippen molar-refractivity contribution < 1.29 is 23.0 Å². The van der Waals surface area contributed by atoms with E-state index in [0.29, 0.717) is 19.6 Å². The van der Waals surface area contributed by atoms with Crippen molar-refractivity contribution in [2.75, 3.05) is 24.5 Å². The molecule has 3 heterocycles. The number of anilines is 1. The van der Waals surface area contributed by atoms with Crippen molar-refractivity contribution in [3.63, 3.8) is 0 Å². The minimum absolute atomic E-state index is 0.0810. The van der Waals surface area contributed by atoms with E-state index in [1.54, 1.807) is 4.90 Å². The van der Waals surface area contributed by atoms with Gasteiger partial charge >= 0.3 is 6.09 Å². The van der Waals surface area contributed by atoms with Gasteiger partial charge in [-0.3, -0.25) is 0 Å². The highest BCUT2D eigenvalue weighted by Crippen LogP contribution is 2.40. The number of nitrogens with zero attached hydrogens (tertiary/aromatic N) is 4. The highest BCUT2D eigenvalue weighted by atomic mass is 35.5. The lowest BCUT2D eigenvalue weighted by Crippen LogP contribution is -2.46. The van der Waals surface area contributed by atoms with Crippen LogP contribution in [0.25, 0.3) is 10.9 Å². The number of hydrogen-bond donors (Lipinski definition) is 0. The third-order valence-corrected chi connectivity index (χ3v) is 6.85. The molecule has 2 bridgehead atoms. The van der Waals surface area contributed by atoms with E-state index >= 15 is 4.39 Å². The Morgan fingerprint density at radius 1 is 1.14 bits per heavy atom. The summed E-state index contributed by atoms with van der Waals surface area (Å²) >= 11 is 6.22. The second kappa shape index (κ2) is 9.93. The molecular formula is C27H29ClF2N4O3. The summed E-state index contributed by atoms with van der Waals surface area (Å²) in [7, 11) is 0. The third-order valence-electron chi connectivity index (χ3n) is 6.68. The molecule has 2 unspecified atom stereocenters. The Bertz CT molecular complexity index is 1320. The zero-order valence-electron chi connectivity index (χ0n) is 21.0. The SMILES string of the molecule is CC(C)(C)OC(=O)N1CC2CCN(c3nc(Cl)nc4c(F)cc(F)c(OCc5ccccc5)c34)CC1C2. The Kier molecular flexibility index (Phi) is 6.83. The summed E-state index contributed by atoms with van der Waals surface area (Å²) in [5.41, 5.74) is 0.105. The Morgan fingerprint density at radius 2 is 1.89 bits per heavy atom. The van der Waals surface area contributed by atoms with Crippen LogP contribution in [-0.4, -0.2) is 52.2 Å². The van der Waals surface area contributed by atoms with Gasteiger partial charge in [0.15, 0.2) is 17.4 Å². The number of ether oxygens (including phenoxy) is 2. The van der Waals surface area contributed by atoms with Gasteiger partial charge in [0.2, 0.25) is 5.28 Å². The standard InChI is InChI=1S/C27H29ClF2N4O3/c1-27(2,3)37-26(35)34-13-17-9-10-33(14-18(34)11-17)24-21-22(31-25(28)32-24)19(29)12-20(30)23(21)36-15-16-7-5-4-6-8-16/h4-8,12,17-18H,9-11,13-15H2,1-3H3. The number of amides is 1. The number of carbonyl (C=O) groups excluding carboxylic acids is 1. The second-order valence-corrected chi connectivity index (χ2v) is 10.9. The molecule has 2 atom stereocenters. The lowest BCUT2D eigenvalue weighted by atomic mass is 10.0. The second-order valence-electron chi connectivity index (χ2n) is 10.6. The smallest absolute Gasteiger partial charge is 0.410 e. The number of halogens is 3. The van der Waals surface area contributed by atoms with E-state index in [9.17, 15) is 9.18 Å². The van der Waals surface area contributed by atoms with Crippen molar-refractivity contribution in [1.82, 2.24) is 14.9 Å². The molecule has 0 spiro atoms. The topological polar surface area (TPSA) is 67.8 Å². The average molecular weight is 531 g/mol. The van der Waals surface area contributed by atoms with Crippen molar-refractivity contribution in [3.8, 4) is 5.75 Å². The first-order chi connectivity index (χ1) is 17.6. The van der Waals surface area contributed by atoms with E-state index in [1.807, 2.05) is 56.0 Å². The van der Waals surface area contributed by atoms with Crippen LogP contribution in [0, 0.1) is 17.6 Å². The molecule has 0 radical (unpaired) electrons. The van der Waals surface area contributed by atoms with Crippen LogP contribution in [0.5, 0.6) is 5.75 Å². The van der Waals surface area contributed by atoms with Gasteiger partial charge in [-0.05, 0) is 56.7 Å². The number of aromatic nitrogens is 2. The maximum atomic E-state index is 15.1. The molecule has 0 saturated carbocycles. The fourth-order valence-electron chi connectivity index (χ4n) is 5.09. The van der Waals surface area contributed by atoms with Gasteiger partial charge in [-0.25, -0.2) is 18.6 Å². The number of rotatable bonds is 4. The molecule has 2 aliphatic rings. The zero-order valence-corrected chi connectivity index (χ0v) is 21.8. The molecular weight excluding hydrogens is 502 g/mol. The average Bonchev–Trinajstić information content (AvgIpc) is 3.11. The van der Waals surface area contributed by atoms with Gasteiger partial charge in [0.25, 0.3) is 0 Å². The Hall–Kier alpha value is -3.20. The molecule has 7 nitrogen and oxygen atoms in total. The monoisotopic (exact) mass is 530 g/mol. The van der Waals surface area contributed by atoms with Gasteiger partial charge < -0.3 is 19.3 Å². The fourth-order valence-corrected chi connectivity index (χ4v) is 5.25. The predicted molar refractivity (Wildman–Crippen MR) is 137 cm³/mol. The molecule has 2 fully saturated rings. The summed E-state index contributed by atoms with van der Waals surface area (Å²) in [5, 5.41) is -0.0279. The number of likely N-dealkylation sites (tertiary alicyclic amines) is 1. The van der Waals surface area contributed by atoms with Crippen LogP contribution in [0.1, 0.15) is 39.2 Å². The summed E-state index contributed by atoms with van der Waals surface area (Å²) in [6.07, 6.45) is 1.22. The maximum absolute atomic E-state index is 15.1. The van der Waals surface area contributed by atoms with Crippen LogP contribution >= 0.6 is 11.6 Å². The lowest BCUT2D eigenvalue weighted by molar-refractivity contribution is 0.0221. The maximum Gasteiger partial charge on any atom is 0.410 e. The number of carbonyl (C=O) groups is 1. The van der Waals surface area contributed by atoms with Crippen molar-refractivity contribution in [2.45, 2.75) is 51.9 Å². The predicted octanol–water partition coefficient (Wildman–Crippen LogP) is 5.98. The van der Waals surface area contributed by atoms with Gasteiger partial charge in [0.05, 0.1) is 11.4 Å². The molecule has 0 aliphatic carbocycles. The first-order valence-corrected chi connectivity index (χ1v) is 12.7. The van der Waals surface area contributed by atoms with Crippen LogP contribution in [0.3, 0.4) is 0 Å². The van der Waals surface area contributed by atoms with E-state index < -0.39 is 17.2 Å². The van der Waals surface area contributed by atoms with Gasteiger partial charge in [-0.2, -0.15) is 4.98 Å². The van der Waals surface area contributed by atoms with Crippen LogP contribution in [0.4, 0.5) is 19.4 Å². The largest absolute Gasteiger partial charge is 0.485 e. The summed E-state index contributed by atoms with van der Waals surface area (Å²) in [6, 6.07) is 9.91. The molecule has 5 rings (SSSR count). The molecule has 2 aromatic carbocycles. The van der Waals surface area contributed by atoms with Gasteiger partial charge in [-0.15, -0.1) is 0 Å². The number of hydrogen-bond acceptors (Lipinski definition) is 6. The fraction of sp³-hybridized carbons (Fsp3) is 0.444. The zero-order chi connectivity index (χ0) is 26.3. The van der Waals surface area contributed by atoms with E-state index in [1.165, 1.54) is 0 Å². The molecule has 3 aromatic rings. The highest BCUT2D eigenvalue weighted by molar-refractivity contribution is 6.29. The lowest BCUT2D eigenvalue weighted by Gasteiger charge is -2.34. The summed E-state index contributed by atoms with van der Waals surface area (Å²) in [5.74, 6) is -1.26. The molecule has 1 aromatic heterocycles. The Morgan fingerprint density at radius 3 is 2.62 bits per heavy atom. The molecule has 37 heavy (non-hydrogen) atoms. The first-order valence-electron chi connectivity index (χ1n) is 12.4. The van der Waals surface area contributed by atoms with E-state index in [-0.39, 0.29) is 52.4 Å². The number of fused-ring (bicyclic) bond motifs is 3. The van der Waals surface area contributed by atoms with E-state index in [4.69, 9.17) is 21.1 Å². The van der Waals surface area contributed by atoms with Crippen molar-refractivity contribution >= 4 is 34.4 Å². The van der Waals surface area contributed by atoms with Crippen molar-refractivity contribution in [2.24, 2.45) is 5.92 Å². The molecule has 2 aliphatic heterocycles. The van der Waals surface area contributed by atoms with Gasteiger partial charge in [-0.1, -0.05) is 30.3 Å². The molecule has 0 N–H and O–H groups in total. The van der Waals surface area contributed by atoms with E-state index in [0.717, 1.165) is 24.5 Å². The molecule has 10 heteroatoms. The normalized spacial score (nSPS) is 19.7. The summed E-state index contributed by atoms with van der Waals surface area (Å²) in [6.45, 7) is 7.20. The summed E-state index contributed by atoms with van der Waals surface area (Å²) < 4.78 is 41.6. The molecule has 2 saturated heterocycles. The van der Waals surface area contributed by atoms with Gasteiger partial charge in [0.1, 0.15) is 23.5 Å². The van der Waals surface area contributed by atoms with Crippen LogP contribution in [-0.2, 0) is 11.3 Å². The van der Waals surface area contributed by atoms with Crippen LogP contribution in [0.15, 0.2) is 36.4 Å².